The van der Waals surface area contributed by atoms with Crippen LogP contribution in [0.3, 0.4) is 0 Å². The number of halogens is 1. The molecule has 0 saturated carbocycles. The Balaban J connectivity index is 1.51. The third-order valence-corrected chi connectivity index (χ3v) is 6.60. The quantitative estimate of drug-likeness (QED) is 0.620. The lowest BCUT2D eigenvalue weighted by Gasteiger charge is -2.35. The van der Waals surface area contributed by atoms with Crippen molar-refractivity contribution in [3.8, 4) is 0 Å². The van der Waals surface area contributed by atoms with Gasteiger partial charge in [0, 0.05) is 23.8 Å². The minimum Gasteiger partial charge on any atom is -0.350 e. The molecular weight excluding hydrogens is 438 g/mol. The Morgan fingerprint density at radius 3 is 2.33 bits per heavy atom. The van der Waals surface area contributed by atoms with Crippen LogP contribution in [0.1, 0.15) is 54.1 Å². The highest BCUT2D eigenvalue weighted by Crippen LogP contribution is 2.31. The highest BCUT2D eigenvalue weighted by Gasteiger charge is 2.39. The van der Waals surface area contributed by atoms with Gasteiger partial charge in [-0.1, -0.05) is 24.6 Å². The molecule has 0 aliphatic carbocycles. The number of likely N-dealkylation sites (tertiary alicyclic amines) is 1. The Kier molecular flexibility index (Phi) is 6.56. The minimum absolute atomic E-state index is 0.0264. The summed E-state index contributed by atoms with van der Waals surface area (Å²) in [4.78, 5) is 41.8. The Morgan fingerprint density at radius 1 is 1.03 bits per heavy atom. The normalized spacial score (nSPS) is 18.8. The van der Waals surface area contributed by atoms with E-state index in [0.717, 1.165) is 48.3 Å². The summed E-state index contributed by atoms with van der Waals surface area (Å²) in [5.41, 5.74) is 3.60. The highest BCUT2D eigenvalue weighted by atomic mass is 35.5. The molecule has 2 aromatic rings. The predicted octanol–water partition coefficient (Wildman–Crippen LogP) is 5.14. The van der Waals surface area contributed by atoms with Gasteiger partial charge in [-0.3, -0.25) is 14.4 Å². The van der Waals surface area contributed by atoms with Crippen LogP contribution in [0.4, 0.5) is 11.4 Å². The molecule has 2 aromatic carbocycles. The lowest BCUT2D eigenvalue weighted by atomic mass is 9.99. The molecule has 2 heterocycles. The molecule has 0 radical (unpaired) electrons. The number of anilines is 2. The molecule has 6 nitrogen and oxygen atoms in total. The fourth-order valence-corrected chi connectivity index (χ4v) is 4.84. The van der Waals surface area contributed by atoms with Gasteiger partial charge < -0.3 is 10.2 Å². The van der Waals surface area contributed by atoms with E-state index in [1.165, 1.54) is 0 Å². The van der Waals surface area contributed by atoms with Gasteiger partial charge >= 0.3 is 0 Å². The van der Waals surface area contributed by atoms with Gasteiger partial charge in [-0.15, -0.1) is 0 Å². The van der Waals surface area contributed by atoms with E-state index < -0.39 is 11.8 Å². The molecule has 0 aromatic heterocycles. The van der Waals surface area contributed by atoms with Crippen LogP contribution in [0, 0.1) is 13.8 Å². The number of aryl methyl sites for hydroxylation is 2. The van der Waals surface area contributed by atoms with E-state index in [1.807, 2.05) is 24.8 Å². The second-order valence-electron chi connectivity index (χ2n) is 8.74. The lowest BCUT2D eigenvalue weighted by molar-refractivity contribution is -0.120. The molecule has 172 valence electrons. The van der Waals surface area contributed by atoms with Crippen molar-refractivity contribution in [2.45, 2.75) is 52.5 Å². The molecule has 33 heavy (non-hydrogen) atoms. The zero-order chi connectivity index (χ0) is 23.7. The first-order valence-corrected chi connectivity index (χ1v) is 11.7. The zero-order valence-electron chi connectivity index (χ0n) is 19.2. The topological polar surface area (TPSA) is 69.7 Å². The van der Waals surface area contributed by atoms with Crippen LogP contribution in [-0.2, 0) is 9.59 Å². The summed E-state index contributed by atoms with van der Waals surface area (Å²) in [6.07, 6.45) is 4.18. The SMILES string of the molecule is CCC1CCCCN1C(=O)c1ccc(NC2=C(Cl)C(=O)N(c3cc(C)cc(C)c3)C2=O)cc1. The number of piperidine rings is 1. The third-order valence-electron chi connectivity index (χ3n) is 6.25. The van der Waals surface area contributed by atoms with Crippen LogP contribution in [0.5, 0.6) is 0 Å². The van der Waals surface area contributed by atoms with Gasteiger partial charge in [-0.2, -0.15) is 0 Å². The van der Waals surface area contributed by atoms with Gasteiger partial charge in [0.05, 0.1) is 5.69 Å². The number of nitrogens with zero attached hydrogens (tertiary/aromatic N) is 2. The number of benzene rings is 2. The monoisotopic (exact) mass is 465 g/mol. The molecular formula is C26H28ClN3O3. The lowest BCUT2D eigenvalue weighted by Crippen LogP contribution is -2.43. The summed E-state index contributed by atoms with van der Waals surface area (Å²) in [7, 11) is 0. The van der Waals surface area contributed by atoms with E-state index in [9.17, 15) is 14.4 Å². The smallest absolute Gasteiger partial charge is 0.283 e. The summed E-state index contributed by atoms with van der Waals surface area (Å²) in [5, 5.41) is 2.82. The van der Waals surface area contributed by atoms with Crippen molar-refractivity contribution in [1.82, 2.24) is 4.90 Å². The molecule has 4 rings (SSSR count). The summed E-state index contributed by atoms with van der Waals surface area (Å²) in [6.45, 7) is 6.71. The number of rotatable bonds is 5. The van der Waals surface area contributed by atoms with Gasteiger partial charge in [0.2, 0.25) is 0 Å². The number of carbonyl (C=O) groups is 3. The first-order valence-electron chi connectivity index (χ1n) is 11.3. The summed E-state index contributed by atoms with van der Waals surface area (Å²) in [5.74, 6) is -1.04. The molecule has 1 saturated heterocycles. The molecule has 2 aliphatic rings. The maximum absolute atomic E-state index is 13.0. The first kappa shape index (κ1) is 23.1. The van der Waals surface area contributed by atoms with Crippen molar-refractivity contribution in [1.29, 1.82) is 0 Å². The van der Waals surface area contributed by atoms with E-state index in [1.54, 1.807) is 36.4 Å². The van der Waals surface area contributed by atoms with E-state index in [4.69, 9.17) is 11.6 Å². The molecule has 1 N–H and O–H groups in total. The summed E-state index contributed by atoms with van der Waals surface area (Å²) < 4.78 is 0. The Hall–Kier alpha value is -3.12. The minimum atomic E-state index is -0.559. The van der Waals surface area contributed by atoms with Gasteiger partial charge in [0.25, 0.3) is 17.7 Å². The second kappa shape index (κ2) is 9.40. The van der Waals surface area contributed by atoms with Crippen LogP contribution in [0.25, 0.3) is 0 Å². The molecule has 0 spiro atoms. The van der Waals surface area contributed by atoms with E-state index in [0.29, 0.717) is 16.9 Å². The van der Waals surface area contributed by atoms with Crippen molar-refractivity contribution in [2.24, 2.45) is 0 Å². The summed E-state index contributed by atoms with van der Waals surface area (Å²) >= 11 is 6.26. The zero-order valence-corrected chi connectivity index (χ0v) is 19.9. The molecule has 0 bridgehead atoms. The third kappa shape index (κ3) is 4.53. The number of nitrogens with one attached hydrogen (secondary N) is 1. The highest BCUT2D eigenvalue weighted by molar-refractivity contribution is 6.53. The van der Waals surface area contributed by atoms with Crippen LogP contribution >= 0.6 is 11.6 Å². The maximum atomic E-state index is 13.0. The van der Waals surface area contributed by atoms with Crippen LogP contribution in [0.15, 0.2) is 53.2 Å². The van der Waals surface area contributed by atoms with E-state index in [2.05, 4.69) is 12.2 Å². The van der Waals surface area contributed by atoms with Crippen LogP contribution in [-0.4, -0.2) is 35.2 Å². The van der Waals surface area contributed by atoms with Crippen LogP contribution < -0.4 is 10.2 Å². The molecule has 2 aliphatic heterocycles. The second-order valence-corrected chi connectivity index (χ2v) is 9.12. The fraction of sp³-hybridized carbons (Fsp3) is 0.346. The maximum Gasteiger partial charge on any atom is 0.283 e. The van der Waals surface area contributed by atoms with Crippen molar-refractivity contribution in [2.75, 3.05) is 16.8 Å². The van der Waals surface area contributed by atoms with Gasteiger partial charge in [-0.05, 0) is 87.1 Å². The number of carbonyl (C=O) groups excluding carboxylic acids is 3. The molecule has 1 unspecified atom stereocenters. The van der Waals surface area contributed by atoms with Crippen molar-refractivity contribution >= 4 is 40.7 Å². The Bertz CT molecular complexity index is 1120. The Morgan fingerprint density at radius 2 is 1.70 bits per heavy atom. The van der Waals surface area contributed by atoms with Crippen molar-refractivity contribution in [3.05, 3.63) is 69.9 Å². The first-order chi connectivity index (χ1) is 15.8. The van der Waals surface area contributed by atoms with Crippen molar-refractivity contribution in [3.63, 3.8) is 0 Å². The van der Waals surface area contributed by atoms with E-state index >= 15 is 0 Å². The summed E-state index contributed by atoms with van der Waals surface area (Å²) in [6, 6.07) is 12.7. The largest absolute Gasteiger partial charge is 0.350 e. The number of amides is 3. The van der Waals surface area contributed by atoms with Gasteiger partial charge in [-0.25, -0.2) is 4.90 Å². The Labute approximate surface area is 199 Å². The number of imide groups is 1. The molecule has 3 amide bonds. The number of hydrogen-bond acceptors (Lipinski definition) is 4. The standard InChI is InChI=1S/C26H28ClN3O3/c1-4-20-7-5-6-12-29(20)24(31)18-8-10-19(11-9-18)28-23-22(27)25(32)30(26(23)33)21-14-16(2)13-17(3)15-21/h8-11,13-15,20,28H,4-7,12H2,1-3H3. The average molecular weight is 466 g/mol. The van der Waals surface area contributed by atoms with Crippen LogP contribution in [0.2, 0.25) is 0 Å². The van der Waals surface area contributed by atoms with E-state index in [-0.39, 0.29) is 22.7 Å². The molecule has 1 atom stereocenters. The number of hydrogen-bond donors (Lipinski definition) is 1. The predicted molar refractivity (Wildman–Crippen MR) is 130 cm³/mol. The molecule has 7 heteroatoms. The van der Waals surface area contributed by atoms with Gasteiger partial charge in [0.15, 0.2) is 0 Å². The van der Waals surface area contributed by atoms with Gasteiger partial charge in [0.1, 0.15) is 10.7 Å². The average Bonchev–Trinajstić information content (AvgIpc) is 3.01. The fourth-order valence-electron chi connectivity index (χ4n) is 4.62. The van der Waals surface area contributed by atoms with Crippen molar-refractivity contribution < 1.29 is 14.4 Å². The molecule has 1 fully saturated rings.